The Balaban J connectivity index is 1.95. The molecule has 1 unspecified atom stereocenters. The summed E-state index contributed by atoms with van der Waals surface area (Å²) in [5.74, 6) is 2.20. The van der Waals surface area contributed by atoms with Gasteiger partial charge in [-0.25, -0.2) is 0 Å². The highest BCUT2D eigenvalue weighted by Gasteiger charge is 2.31. The van der Waals surface area contributed by atoms with E-state index in [2.05, 4.69) is 13.8 Å². The van der Waals surface area contributed by atoms with E-state index in [-0.39, 0.29) is 22.4 Å². The van der Waals surface area contributed by atoms with Crippen LogP contribution in [0.25, 0.3) is 0 Å². The van der Waals surface area contributed by atoms with Crippen LogP contribution in [0.15, 0.2) is 48.5 Å². The third-order valence-corrected chi connectivity index (χ3v) is 8.85. The summed E-state index contributed by atoms with van der Waals surface area (Å²) in [7, 11) is 0. The Bertz CT molecular complexity index is 996. The molecular formula is C29H36F6OS2. The van der Waals surface area contributed by atoms with Crippen molar-refractivity contribution < 1.29 is 31.1 Å². The van der Waals surface area contributed by atoms with Gasteiger partial charge in [0.05, 0.1) is 11.1 Å². The quantitative estimate of drug-likeness (QED) is 0.164. The van der Waals surface area contributed by atoms with Gasteiger partial charge in [0.25, 0.3) is 0 Å². The van der Waals surface area contributed by atoms with Crippen LogP contribution >= 0.6 is 23.5 Å². The minimum absolute atomic E-state index is 0.0132. The first-order chi connectivity index (χ1) is 17.6. The van der Waals surface area contributed by atoms with E-state index < -0.39 is 23.5 Å². The van der Waals surface area contributed by atoms with Crippen LogP contribution in [0.1, 0.15) is 75.6 Å². The zero-order valence-electron chi connectivity index (χ0n) is 22.2. The molecule has 0 aliphatic rings. The predicted molar refractivity (Wildman–Crippen MR) is 146 cm³/mol. The molecule has 2 aromatic rings. The minimum Gasteiger partial charge on any atom is -0.299 e. The fraction of sp³-hybridized carbons (Fsp3) is 0.552. The summed E-state index contributed by atoms with van der Waals surface area (Å²) >= 11 is 3.35. The van der Waals surface area contributed by atoms with Gasteiger partial charge in [-0.2, -0.15) is 49.9 Å². The average molecular weight is 579 g/mol. The van der Waals surface area contributed by atoms with Crippen LogP contribution in [0.2, 0.25) is 0 Å². The summed E-state index contributed by atoms with van der Waals surface area (Å²) in [6.07, 6.45) is -5.65. The van der Waals surface area contributed by atoms with Gasteiger partial charge in [0, 0.05) is 29.1 Å². The summed E-state index contributed by atoms with van der Waals surface area (Å²) in [5, 5.41) is 0.242. The summed E-state index contributed by atoms with van der Waals surface area (Å²) < 4.78 is 76.9. The lowest BCUT2D eigenvalue weighted by Crippen LogP contribution is -2.22. The van der Waals surface area contributed by atoms with Crippen molar-refractivity contribution in [3.63, 3.8) is 0 Å². The number of rotatable bonds is 14. The molecule has 0 saturated carbocycles. The number of benzene rings is 2. The second-order valence-corrected chi connectivity index (χ2v) is 13.1. The molecule has 212 valence electrons. The number of carbonyl (C=O) groups is 1. The number of carbonyl (C=O) groups excluding carboxylic acids is 1. The molecule has 2 aromatic carbocycles. The van der Waals surface area contributed by atoms with Gasteiger partial charge in [-0.1, -0.05) is 52.0 Å². The Labute approximate surface area is 230 Å². The molecule has 1 nitrogen and oxygen atoms in total. The molecule has 1 atom stereocenters. The number of hydrogen-bond acceptors (Lipinski definition) is 3. The highest BCUT2D eigenvalue weighted by Crippen LogP contribution is 2.35. The zero-order chi connectivity index (χ0) is 28.6. The third-order valence-electron chi connectivity index (χ3n) is 6.34. The SMILES string of the molecule is CC(C)C(=O)CC(C)(C)CCC(CCSCc1ccc(C(F)(F)F)cc1)SCc1ccc(C(F)(F)F)cc1. The van der Waals surface area contributed by atoms with Crippen molar-refractivity contribution >= 4 is 29.3 Å². The Kier molecular flexibility index (Phi) is 12.1. The highest BCUT2D eigenvalue weighted by atomic mass is 32.2. The van der Waals surface area contributed by atoms with E-state index in [1.807, 2.05) is 13.8 Å². The standard InChI is InChI=1S/C29H36F6OS2/c1-20(2)26(36)17-27(3,4)15-13-25(38-19-22-7-11-24(12-8-22)29(33,34)35)14-16-37-18-21-5-9-23(10-6-21)28(30,31)32/h5-12,20,25H,13-19H2,1-4H3. The van der Waals surface area contributed by atoms with Crippen LogP contribution in [-0.2, 0) is 28.7 Å². The highest BCUT2D eigenvalue weighted by molar-refractivity contribution is 7.99. The monoisotopic (exact) mass is 578 g/mol. The Morgan fingerprint density at radius 1 is 0.763 bits per heavy atom. The molecule has 0 bridgehead atoms. The molecule has 38 heavy (non-hydrogen) atoms. The van der Waals surface area contributed by atoms with Gasteiger partial charge >= 0.3 is 12.4 Å². The van der Waals surface area contributed by atoms with Crippen LogP contribution in [0.5, 0.6) is 0 Å². The summed E-state index contributed by atoms with van der Waals surface area (Å²) in [6.45, 7) is 7.97. The van der Waals surface area contributed by atoms with E-state index in [0.717, 1.165) is 60.4 Å². The maximum absolute atomic E-state index is 12.9. The molecule has 9 heteroatoms. The van der Waals surface area contributed by atoms with Gasteiger partial charge in [-0.15, -0.1) is 0 Å². The van der Waals surface area contributed by atoms with E-state index in [0.29, 0.717) is 17.9 Å². The molecule has 0 aliphatic carbocycles. The van der Waals surface area contributed by atoms with Crippen molar-refractivity contribution in [1.82, 2.24) is 0 Å². The number of thioether (sulfide) groups is 2. The number of ketones is 1. The molecule has 0 aliphatic heterocycles. The second kappa shape index (κ2) is 14.1. The van der Waals surface area contributed by atoms with Crippen LogP contribution in [0.3, 0.4) is 0 Å². The molecule has 0 fully saturated rings. The largest absolute Gasteiger partial charge is 0.416 e. The first kappa shape index (κ1) is 32.6. The number of halogens is 6. The van der Waals surface area contributed by atoms with Crippen molar-refractivity contribution in [3.05, 3.63) is 70.8 Å². The average Bonchev–Trinajstić information content (AvgIpc) is 2.82. The number of hydrogen-bond donors (Lipinski definition) is 0. The predicted octanol–water partition coefficient (Wildman–Crippen LogP) is 10.1. The Hall–Kier alpha value is -1.61. The molecule has 0 spiro atoms. The topological polar surface area (TPSA) is 17.1 Å². The lowest BCUT2D eigenvalue weighted by atomic mass is 9.80. The van der Waals surface area contributed by atoms with Crippen molar-refractivity contribution in [2.45, 2.75) is 82.5 Å². The first-order valence-corrected chi connectivity index (χ1v) is 14.8. The van der Waals surface area contributed by atoms with Gasteiger partial charge in [-0.3, -0.25) is 4.79 Å². The molecule has 0 amide bonds. The summed E-state index contributed by atoms with van der Waals surface area (Å²) in [4.78, 5) is 12.3. The first-order valence-electron chi connectivity index (χ1n) is 12.6. The van der Waals surface area contributed by atoms with Crippen molar-refractivity contribution in [2.24, 2.45) is 11.3 Å². The normalized spacial score (nSPS) is 13.7. The van der Waals surface area contributed by atoms with E-state index in [1.165, 1.54) is 24.3 Å². The van der Waals surface area contributed by atoms with Crippen LogP contribution in [-0.4, -0.2) is 16.8 Å². The smallest absolute Gasteiger partial charge is 0.299 e. The van der Waals surface area contributed by atoms with E-state index in [1.54, 1.807) is 23.5 Å². The van der Waals surface area contributed by atoms with Crippen LogP contribution in [0.4, 0.5) is 26.3 Å². The van der Waals surface area contributed by atoms with Crippen molar-refractivity contribution in [3.8, 4) is 0 Å². The molecular weight excluding hydrogens is 542 g/mol. The third kappa shape index (κ3) is 11.6. The van der Waals surface area contributed by atoms with Crippen LogP contribution in [0, 0.1) is 11.3 Å². The Morgan fingerprint density at radius 3 is 1.68 bits per heavy atom. The van der Waals surface area contributed by atoms with E-state index in [4.69, 9.17) is 0 Å². The lowest BCUT2D eigenvalue weighted by Gasteiger charge is -2.27. The van der Waals surface area contributed by atoms with Gasteiger partial charge < -0.3 is 0 Å². The fourth-order valence-electron chi connectivity index (χ4n) is 3.83. The van der Waals surface area contributed by atoms with E-state index >= 15 is 0 Å². The lowest BCUT2D eigenvalue weighted by molar-refractivity contribution is -0.138. The van der Waals surface area contributed by atoms with Crippen LogP contribution < -0.4 is 0 Å². The maximum atomic E-state index is 12.9. The molecule has 0 heterocycles. The fourth-order valence-corrected chi connectivity index (χ4v) is 6.19. The van der Waals surface area contributed by atoms with E-state index in [9.17, 15) is 31.1 Å². The molecule has 0 saturated heterocycles. The maximum Gasteiger partial charge on any atom is 0.416 e. The minimum atomic E-state index is -4.36. The van der Waals surface area contributed by atoms with Crippen molar-refractivity contribution in [1.29, 1.82) is 0 Å². The van der Waals surface area contributed by atoms with Gasteiger partial charge in [-0.05, 0) is 65.8 Å². The van der Waals surface area contributed by atoms with Crippen molar-refractivity contribution in [2.75, 3.05) is 5.75 Å². The second-order valence-electron chi connectivity index (χ2n) is 10.7. The van der Waals surface area contributed by atoms with Gasteiger partial charge in [0.2, 0.25) is 0 Å². The number of alkyl halides is 6. The molecule has 2 rings (SSSR count). The van der Waals surface area contributed by atoms with Gasteiger partial charge in [0.15, 0.2) is 0 Å². The molecule has 0 N–H and O–H groups in total. The summed E-state index contributed by atoms with van der Waals surface area (Å²) in [5.41, 5.74) is 0.163. The zero-order valence-corrected chi connectivity index (χ0v) is 23.8. The van der Waals surface area contributed by atoms with Gasteiger partial charge in [0.1, 0.15) is 5.78 Å². The molecule has 0 radical (unpaired) electrons. The Morgan fingerprint density at radius 2 is 1.24 bits per heavy atom. The molecule has 0 aromatic heterocycles. The summed E-state index contributed by atoms with van der Waals surface area (Å²) in [6, 6.07) is 10.4. The number of Topliss-reactive ketones (excluding diaryl/α,β-unsaturated/α-hetero) is 1.